The van der Waals surface area contributed by atoms with Crippen LogP contribution >= 0.6 is 0 Å². The minimum atomic E-state index is 0.0538. The van der Waals surface area contributed by atoms with Gasteiger partial charge in [0.25, 0.3) is 5.91 Å². The third-order valence-corrected chi connectivity index (χ3v) is 6.42. The largest absolute Gasteiger partial charge is 0.494 e. The zero-order chi connectivity index (χ0) is 22.5. The third kappa shape index (κ3) is 5.04. The summed E-state index contributed by atoms with van der Waals surface area (Å²) in [5, 5.41) is 0. The van der Waals surface area contributed by atoms with Gasteiger partial charge >= 0.3 is 0 Å². The van der Waals surface area contributed by atoms with Crippen molar-refractivity contribution in [3.8, 4) is 5.75 Å². The minimum Gasteiger partial charge on any atom is -0.494 e. The molecule has 0 atom stereocenters. The number of hydrogen-bond acceptors (Lipinski definition) is 6. The fourth-order valence-corrected chi connectivity index (χ4v) is 4.44. The average molecular weight is 438 g/mol. The molecule has 32 heavy (non-hydrogen) atoms. The first-order valence-electron chi connectivity index (χ1n) is 11.9. The summed E-state index contributed by atoms with van der Waals surface area (Å²) in [5.74, 6) is 2.70. The fourth-order valence-electron chi connectivity index (χ4n) is 4.44. The maximum absolute atomic E-state index is 13.2. The predicted octanol–water partition coefficient (Wildman–Crippen LogP) is 3.30. The second-order valence-electron chi connectivity index (χ2n) is 8.64. The van der Waals surface area contributed by atoms with Crippen LogP contribution in [0.4, 0.5) is 5.82 Å². The summed E-state index contributed by atoms with van der Waals surface area (Å²) in [6, 6.07) is 7.53. The quantitative estimate of drug-likeness (QED) is 0.620. The number of likely N-dealkylation sites (N-methyl/N-ethyl adjacent to an activating group) is 1. The Balaban J connectivity index is 1.48. The molecule has 2 aliphatic rings. The number of rotatable bonds is 7. The van der Waals surface area contributed by atoms with Crippen LogP contribution in [0.25, 0.3) is 0 Å². The van der Waals surface area contributed by atoms with E-state index in [-0.39, 0.29) is 5.91 Å². The lowest BCUT2D eigenvalue weighted by atomic mass is 10.0. The van der Waals surface area contributed by atoms with Gasteiger partial charge in [0, 0.05) is 50.3 Å². The summed E-state index contributed by atoms with van der Waals surface area (Å²) in [7, 11) is 0. The van der Waals surface area contributed by atoms with Crippen molar-refractivity contribution in [1.82, 2.24) is 19.8 Å². The van der Waals surface area contributed by atoms with Gasteiger partial charge in [0.1, 0.15) is 17.4 Å². The van der Waals surface area contributed by atoms with Crippen LogP contribution in [0.5, 0.6) is 5.75 Å². The van der Waals surface area contributed by atoms with Gasteiger partial charge in [0.15, 0.2) is 0 Å². The zero-order valence-corrected chi connectivity index (χ0v) is 19.6. The van der Waals surface area contributed by atoms with Crippen molar-refractivity contribution in [3.63, 3.8) is 0 Å². The summed E-state index contributed by atoms with van der Waals surface area (Å²) >= 11 is 0. The predicted molar refractivity (Wildman–Crippen MR) is 126 cm³/mol. The molecule has 1 fully saturated rings. The molecule has 0 saturated carbocycles. The molecular weight excluding hydrogens is 402 g/mol. The first-order valence-corrected chi connectivity index (χ1v) is 11.9. The summed E-state index contributed by atoms with van der Waals surface area (Å²) in [4.78, 5) is 29.5. The number of benzene rings is 1. The van der Waals surface area contributed by atoms with Crippen LogP contribution in [-0.2, 0) is 13.0 Å². The van der Waals surface area contributed by atoms with Crippen LogP contribution in [0.15, 0.2) is 24.3 Å². The van der Waals surface area contributed by atoms with E-state index in [1.54, 1.807) is 0 Å². The lowest BCUT2D eigenvalue weighted by molar-refractivity contribution is 0.0733. The number of unbranched alkanes of at least 4 members (excludes halogenated alkanes) is 1. The highest BCUT2D eigenvalue weighted by atomic mass is 16.5. The Morgan fingerprint density at radius 2 is 1.78 bits per heavy atom. The van der Waals surface area contributed by atoms with Crippen LogP contribution < -0.4 is 9.64 Å². The maximum Gasteiger partial charge on any atom is 0.254 e. The number of hydrogen-bond donors (Lipinski definition) is 0. The molecule has 2 aromatic rings. The molecule has 3 heterocycles. The third-order valence-electron chi connectivity index (χ3n) is 6.42. The monoisotopic (exact) mass is 437 g/mol. The van der Waals surface area contributed by atoms with Gasteiger partial charge in [-0.3, -0.25) is 4.79 Å². The molecule has 0 N–H and O–H groups in total. The van der Waals surface area contributed by atoms with Crippen molar-refractivity contribution in [2.45, 2.75) is 46.6 Å². The van der Waals surface area contributed by atoms with Gasteiger partial charge in [-0.2, -0.15) is 0 Å². The van der Waals surface area contributed by atoms with E-state index >= 15 is 0 Å². The molecule has 0 unspecified atom stereocenters. The van der Waals surface area contributed by atoms with Gasteiger partial charge < -0.3 is 19.4 Å². The van der Waals surface area contributed by atoms with Crippen LogP contribution in [0.1, 0.15) is 54.1 Å². The molecule has 0 spiro atoms. The fraction of sp³-hybridized carbons (Fsp3) is 0.560. The number of piperazine rings is 1. The van der Waals surface area contributed by atoms with Crippen LogP contribution in [0, 0.1) is 6.92 Å². The van der Waals surface area contributed by atoms with Gasteiger partial charge in [0.2, 0.25) is 0 Å². The number of ether oxygens (including phenoxy) is 1. The molecule has 0 bridgehead atoms. The van der Waals surface area contributed by atoms with Gasteiger partial charge in [-0.1, -0.05) is 20.3 Å². The smallest absolute Gasteiger partial charge is 0.254 e. The zero-order valence-electron chi connectivity index (χ0n) is 19.6. The standard InChI is InChI=1S/C25H35N5O2/c1-4-6-17-32-21-9-7-20(8-10-21)25(31)30-12-11-23-22(18-30)24(27-19(3)26-23)29-15-13-28(5-2)14-16-29/h7-10H,4-6,11-18H2,1-3H3. The Kier molecular flexibility index (Phi) is 7.25. The van der Waals surface area contributed by atoms with Gasteiger partial charge in [-0.05, 0) is 44.2 Å². The molecule has 0 radical (unpaired) electrons. The average Bonchev–Trinajstić information content (AvgIpc) is 2.83. The van der Waals surface area contributed by atoms with E-state index < -0.39 is 0 Å². The maximum atomic E-state index is 13.2. The van der Waals surface area contributed by atoms with Crippen molar-refractivity contribution in [2.24, 2.45) is 0 Å². The molecule has 1 aromatic carbocycles. The second-order valence-corrected chi connectivity index (χ2v) is 8.64. The Labute approximate surface area is 191 Å². The number of carbonyl (C=O) groups excluding carboxylic acids is 1. The molecule has 7 heteroatoms. The summed E-state index contributed by atoms with van der Waals surface area (Å²) in [5.41, 5.74) is 2.90. The Hall–Kier alpha value is -2.67. The lowest BCUT2D eigenvalue weighted by Crippen LogP contribution is -2.47. The highest BCUT2D eigenvalue weighted by Crippen LogP contribution is 2.28. The Morgan fingerprint density at radius 1 is 1.03 bits per heavy atom. The van der Waals surface area contributed by atoms with Crippen molar-refractivity contribution < 1.29 is 9.53 Å². The first-order chi connectivity index (χ1) is 15.6. The number of anilines is 1. The second kappa shape index (κ2) is 10.3. The number of aryl methyl sites for hydroxylation is 1. The summed E-state index contributed by atoms with van der Waals surface area (Å²) in [6.45, 7) is 13.4. The number of aromatic nitrogens is 2. The molecule has 1 aromatic heterocycles. The first kappa shape index (κ1) is 22.5. The molecule has 0 aliphatic carbocycles. The van der Waals surface area contributed by atoms with Crippen LogP contribution in [-0.4, -0.2) is 71.6 Å². The molecule has 7 nitrogen and oxygen atoms in total. The van der Waals surface area contributed by atoms with Crippen molar-refractivity contribution in [1.29, 1.82) is 0 Å². The van der Waals surface area contributed by atoms with Crippen molar-refractivity contribution in [3.05, 3.63) is 46.9 Å². The van der Waals surface area contributed by atoms with E-state index in [9.17, 15) is 4.79 Å². The van der Waals surface area contributed by atoms with E-state index in [1.165, 1.54) is 0 Å². The summed E-state index contributed by atoms with van der Waals surface area (Å²) < 4.78 is 5.73. The van der Waals surface area contributed by atoms with Gasteiger partial charge in [0.05, 0.1) is 18.8 Å². The molecule has 1 amide bonds. The van der Waals surface area contributed by atoms with Crippen LogP contribution in [0.2, 0.25) is 0 Å². The lowest BCUT2D eigenvalue weighted by Gasteiger charge is -2.37. The number of amides is 1. The molecular formula is C25H35N5O2. The summed E-state index contributed by atoms with van der Waals surface area (Å²) in [6.07, 6.45) is 2.91. The van der Waals surface area contributed by atoms with Gasteiger partial charge in [-0.15, -0.1) is 0 Å². The number of carbonyl (C=O) groups is 1. The Morgan fingerprint density at radius 3 is 2.47 bits per heavy atom. The van der Waals surface area contributed by atoms with Crippen molar-refractivity contribution in [2.75, 3.05) is 50.8 Å². The Bertz CT molecular complexity index is 923. The van der Waals surface area contributed by atoms with Gasteiger partial charge in [-0.25, -0.2) is 9.97 Å². The molecule has 4 rings (SSSR count). The topological polar surface area (TPSA) is 61.8 Å². The molecule has 172 valence electrons. The van der Waals surface area contributed by atoms with E-state index in [4.69, 9.17) is 14.7 Å². The normalized spacial score (nSPS) is 16.7. The van der Waals surface area contributed by atoms with Crippen molar-refractivity contribution >= 4 is 11.7 Å². The molecule has 1 saturated heterocycles. The van der Waals surface area contributed by atoms with E-state index in [0.29, 0.717) is 25.3 Å². The highest BCUT2D eigenvalue weighted by Gasteiger charge is 2.29. The van der Waals surface area contributed by atoms with E-state index in [0.717, 1.165) is 80.6 Å². The minimum absolute atomic E-state index is 0.0538. The number of nitrogens with zero attached hydrogens (tertiary/aromatic N) is 5. The highest BCUT2D eigenvalue weighted by molar-refractivity contribution is 5.94. The van der Waals surface area contributed by atoms with E-state index in [2.05, 4.69) is 23.6 Å². The number of fused-ring (bicyclic) bond motifs is 1. The SMILES string of the molecule is CCCCOc1ccc(C(=O)N2CCc3nc(C)nc(N4CCN(CC)CC4)c3C2)cc1. The van der Waals surface area contributed by atoms with E-state index in [1.807, 2.05) is 36.1 Å². The van der Waals surface area contributed by atoms with Crippen LogP contribution in [0.3, 0.4) is 0 Å². The molecule has 2 aliphatic heterocycles.